The average molecular weight is 292 g/mol. The molecule has 1 heterocycles. The van der Waals surface area contributed by atoms with Gasteiger partial charge in [-0.3, -0.25) is 0 Å². The molecule has 94 valence electrons. The lowest BCUT2D eigenvalue weighted by Gasteiger charge is -2.39. The van der Waals surface area contributed by atoms with Crippen molar-refractivity contribution in [1.82, 2.24) is 4.90 Å². The van der Waals surface area contributed by atoms with E-state index in [0.717, 1.165) is 18.3 Å². The molecule has 0 bridgehead atoms. The van der Waals surface area contributed by atoms with Crippen molar-refractivity contribution >= 4 is 22.0 Å². The van der Waals surface area contributed by atoms with Crippen LogP contribution in [0.2, 0.25) is 0 Å². The Bertz CT molecular complexity index is 250. The Kier molecular flexibility index (Phi) is 4.65. The number of rotatable bonds is 1. The van der Waals surface area contributed by atoms with Crippen molar-refractivity contribution in [2.75, 3.05) is 11.9 Å². The van der Waals surface area contributed by atoms with E-state index >= 15 is 0 Å². The van der Waals surface area contributed by atoms with E-state index in [-0.39, 0.29) is 12.1 Å². The standard InChI is InChI=1S/C12H22BrNO2/c1-9-10(8-13)6-5-7-14(9)11(15)16-12(2,3)4/h9-10H,5-8H2,1-4H3. The van der Waals surface area contributed by atoms with Gasteiger partial charge in [0.1, 0.15) is 5.60 Å². The van der Waals surface area contributed by atoms with Crippen molar-refractivity contribution in [1.29, 1.82) is 0 Å². The van der Waals surface area contributed by atoms with Gasteiger partial charge in [-0.1, -0.05) is 15.9 Å². The van der Waals surface area contributed by atoms with Gasteiger partial charge in [0.15, 0.2) is 0 Å². The van der Waals surface area contributed by atoms with Crippen molar-refractivity contribution in [3.05, 3.63) is 0 Å². The Balaban J connectivity index is 2.61. The fourth-order valence-corrected chi connectivity index (χ4v) is 2.87. The topological polar surface area (TPSA) is 29.5 Å². The maximum absolute atomic E-state index is 12.0. The fourth-order valence-electron chi connectivity index (χ4n) is 2.01. The lowest BCUT2D eigenvalue weighted by molar-refractivity contribution is 0.00514. The molecule has 1 saturated heterocycles. The van der Waals surface area contributed by atoms with E-state index in [0.29, 0.717) is 5.92 Å². The molecule has 0 aromatic rings. The second-order valence-corrected chi connectivity index (χ2v) is 6.12. The Morgan fingerprint density at radius 2 is 2.12 bits per heavy atom. The van der Waals surface area contributed by atoms with E-state index < -0.39 is 5.60 Å². The van der Waals surface area contributed by atoms with Crippen LogP contribution in [0.5, 0.6) is 0 Å². The highest BCUT2D eigenvalue weighted by Gasteiger charge is 2.32. The minimum Gasteiger partial charge on any atom is -0.444 e. The number of carbonyl (C=O) groups is 1. The van der Waals surface area contributed by atoms with E-state index in [1.54, 1.807) is 0 Å². The third-order valence-electron chi connectivity index (χ3n) is 2.97. The van der Waals surface area contributed by atoms with Gasteiger partial charge in [-0.25, -0.2) is 4.79 Å². The van der Waals surface area contributed by atoms with Crippen LogP contribution >= 0.6 is 15.9 Å². The molecule has 2 unspecified atom stereocenters. The molecule has 0 spiro atoms. The minimum atomic E-state index is -0.405. The zero-order chi connectivity index (χ0) is 12.3. The van der Waals surface area contributed by atoms with E-state index in [9.17, 15) is 4.79 Å². The summed E-state index contributed by atoms with van der Waals surface area (Å²) in [7, 11) is 0. The quantitative estimate of drug-likeness (QED) is 0.693. The molecule has 0 aliphatic carbocycles. The Morgan fingerprint density at radius 1 is 1.50 bits per heavy atom. The van der Waals surface area contributed by atoms with Gasteiger partial charge in [0.25, 0.3) is 0 Å². The van der Waals surface area contributed by atoms with Crippen LogP contribution in [0.3, 0.4) is 0 Å². The van der Waals surface area contributed by atoms with E-state index in [1.165, 1.54) is 6.42 Å². The van der Waals surface area contributed by atoms with Crippen LogP contribution < -0.4 is 0 Å². The summed E-state index contributed by atoms with van der Waals surface area (Å²) >= 11 is 3.51. The zero-order valence-electron chi connectivity index (χ0n) is 10.6. The lowest BCUT2D eigenvalue weighted by atomic mass is 9.92. The number of amides is 1. The molecule has 0 N–H and O–H groups in total. The normalized spacial score (nSPS) is 26.7. The monoisotopic (exact) mass is 291 g/mol. The number of nitrogens with zero attached hydrogens (tertiary/aromatic N) is 1. The number of carbonyl (C=O) groups excluding carboxylic acids is 1. The van der Waals surface area contributed by atoms with Gasteiger partial charge in [0.2, 0.25) is 0 Å². The van der Waals surface area contributed by atoms with Gasteiger partial charge in [-0.15, -0.1) is 0 Å². The van der Waals surface area contributed by atoms with Crippen molar-refractivity contribution < 1.29 is 9.53 Å². The molecule has 1 fully saturated rings. The predicted molar refractivity (Wildman–Crippen MR) is 68.9 cm³/mol. The molecule has 1 aliphatic rings. The summed E-state index contributed by atoms with van der Waals surface area (Å²) in [5, 5.41) is 0.952. The molecule has 16 heavy (non-hydrogen) atoms. The summed E-state index contributed by atoms with van der Waals surface area (Å²) < 4.78 is 5.41. The number of piperidine rings is 1. The van der Waals surface area contributed by atoms with Gasteiger partial charge < -0.3 is 9.64 Å². The Labute approximate surface area is 107 Å². The number of halogens is 1. The highest BCUT2D eigenvalue weighted by atomic mass is 79.9. The summed E-state index contributed by atoms with van der Waals surface area (Å²) in [6, 6.07) is 0.267. The van der Waals surface area contributed by atoms with Crippen LogP contribution in [-0.4, -0.2) is 34.5 Å². The second-order valence-electron chi connectivity index (χ2n) is 5.47. The largest absolute Gasteiger partial charge is 0.444 e. The SMILES string of the molecule is CC1C(CBr)CCCN1C(=O)OC(C)(C)C. The Morgan fingerprint density at radius 3 is 2.62 bits per heavy atom. The molecular formula is C12H22BrNO2. The first-order valence-corrected chi connectivity index (χ1v) is 7.03. The smallest absolute Gasteiger partial charge is 0.410 e. The molecular weight excluding hydrogens is 270 g/mol. The van der Waals surface area contributed by atoms with Gasteiger partial charge in [0.05, 0.1) is 0 Å². The summed E-state index contributed by atoms with van der Waals surface area (Å²) in [4.78, 5) is 13.8. The van der Waals surface area contributed by atoms with E-state index in [1.807, 2.05) is 25.7 Å². The zero-order valence-corrected chi connectivity index (χ0v) is 12.2. The third-order valence-corrected chi connectivity index (χ3v) is 3.81. The molecule has 1 amide bonds. The highest BCUT2D eigenvalue weighted by molar-refractivity contribution is 9.09. The van der Waals surface area contributed by atoms with Crippen LogP contribution in [0, 0.1) is 5.92 Å². The maximum atomic E-state index is 12.0. The molecule has 0 saturated carbocycles. The fraction of sp³-hybridized carbons (Fsp3) is 0.917. The predicted octanol–water partition coefficient (Wildman–Crippen LogP) is 3.42. The van der Waals surface area contributed by atoms with E-state index in [2.05, 4.69) is 22.9 Å². The number of hydrogen-bond donors (Lipinski definition) is 0. The van der Waals surface area contributed by atoms with Crippen molar-refractivity contribution in [2.24, 2.45) is 5.92 Å². The summed E-state index contributed by atoms with van der Waals surface area (Å²) in [6.45, 7) is 8.64. The Hall–Kier alpha value is -0.250. The summed E-state index contributed by atoms with van der Waals surface area (Å²) in [5.41, 5.74) is -0.405. The van der Waals surface area contributed by atoms with Crippen LogP contribution in [-0.2, 0) is 4.74 Å². The molecule has 1 rings (SSSR count). The lowest BCUT2D eigenvalue weighted by Crippen LogP contribution is -2.49. The summed E-state index contributed by atoms with van der Waals surface area (Å²) in [6.07, 6.45) is 2.08. The third kappa shape index (κ3) is 3.65. The van der Waals surface area contributed by atoms with Gasteiger partial charge in [0, 0.05) is 17.9 Å². The number of ether oxygens (including phenoxy) is 1. The molecule has 0 aromatic carbocycles. The highest BCUT2D eigenvalue weighted by Crippen LogP contribution is 2.26. The number of hydrogen-bond acceptors (Lipinski definition) is 2. The number of likely N-dealkylation sites (tertiary alicyclic amines) is 1. The van der Waals surface area contributed by atoms with Crippen LogP contribution in [0.4, 0.5) is 4.79 Å². The van der Waals surface area contributed by atoms with Crippen molar-refractivity contribution in [3.63, 3.8) is 0 Å². The molecule has 2 atom stereocenters. The first kappa shape index (κ1) is 13.8. The molecule has 0 aromatic heterocycles. The van der Waals surface area contributed by atoms with Crippen LogP contribution in [0.15, 0.2) is 0 Å². The minimum absolute atomic E-state index is 0.175. The molecule has 0 radical (unpaired) electrons. The van der Waals surface area contributed by atoms with E-state index in [4.69, 9.17) is 4.74 Å². The first-order chi connectivity index (χ1) is 7.35. The first-order valence-electron chi connectivity index (χ1n) is 5.90. The van der Waals surface area contributed by atoms with Crippen LogP contribution in [0.25, 0.3) is 0 Å². The second kappa shape index (κ2) is 5.39. The maximum Gasteiger partial charge on any atom is 0.410 e. The van der Waals surface area contributed by atoms with Crippen LogP contribution in [0.1, 0.15) is 40.5 Å². The molecule has 3 nitrogen and oxygen atoms in total. The molecule has 1 aliphatic heterocycles. The van der Waals surface area contributed by atoms with Gasteiger partial charge >= 0.3 is 6.09 Å². The molecule has 4 heteroatoms. The van der Waals surface area contributed by atoms with Crippen molar-refractivity contribution in [2.45, 2.75) is 52.2 Å². The van der Waals surface area contributed by atoms with Gasteiger partial charge in [-0.05, 0) is 46.5 Å². The average Bonchev–Trinajstić information content (AvgIpc) is 2.15. The van der Waals surface area contributed by atoms with Crippen molar-refractivity contribution in [3.8, 4) is 0 Å². The number of alkyl halides is 1. The van der Waals surface area contributed by atoms with Gasteiger partial charge in [-0.2, -0.15) is 0 Å². The summed E-state index contributed by atoms with van der Waals surface area (Å²) in [5.74, 6) is 0.543.